The second-order valence-electron chi connectivity index (χ2n) is 8.34. The van der Waals surface area contributed by atoms with E-state index in [0.717, 1.165) is 35.6 Å². The maximum absolute atomic E-state index is 12.4. The van der Waals surface area contributed by atoms with Crippen LogP contribution in [-0.2, 0) is 29.7 Å². The molecule has 0 spiro atoms. The molecule has 2 aromatic carbocycles. The molecular formula is C24H29Cl2N3O3S. The van der Waals surface area contributed by atoms with Crippen LogP contribution >= 0.6 is 24.0 Å². The Hall–Kier alpha value is -2.06. The Morgan fingerprint density at radius 3 is 2.76 bits per heavy atom. The summed E-state index contributed by atoms with van der Waals surface area (Å²) in [6.45, 7) is 0.319. The van der Waals surface area contributed by atoms with E-state index in [0.29, 0.717) is 13.0 Å². The maximum Gasteiger partial charge on any atom is 0.181 e. The molecule has 1 aliphatic carbocycles. The quantitative estimate of drug-likeness (QED) is 0.456. The van der Waals surface area contributed by atoms with E-state index in [4.69, 9.17) is 22.1 Å². The Labute approximate surface area is 206 Å². The van der Waals surface area contributed by atoms with Gasteiger partial charge in [-0.1, -0.05) is 35.9 Å². The van der Waals surface area contributed by atoms with Gasteiger partial charge in [0.25, 0.3) is 0 Å². The smallest absolute Gasteiger partial charge is 0.181 e. The number of hydrogen-bond acceptors (Lipinski definition) is 5. The summed E-state index contributed by atoms with van der Waals surface area (Å²) in [7, 11) is -1.66. The number of nitrogens with two attached hydrogens (primary N) is 1. The number of halogens is 2. The van der Waals surface area contributed by atoms with E-state index in [2.05, 4.69) is 17.2 Å². The number of benzene rings is 2. The summed E-state index contributed by atoms with van der Waals surface area (Å²) in [6, 6.07) is 14.1. The lowest BCUT2D eigenvalue weighted by Gasteiger charge is -2.32. The molecule has 9 heteroatoms. The van der Waals surface area contributed by atoms with Crippen LogP contribution in [0, 0.1) is 0 Å². The number of sulfone groups is 1. The Bertz CT molecular complexity index is 1200. The van der Waals surface area contributed by atoms with Crippen LogP contribution in [0.4, 0.5) is 0 Å². The van der Waals surface area contributed by atoms with E-state index in [1.165, 1.54) is 28.2 Å². The molecule has 2 unspecified atom stereocenters. The molecule has 1 aliphatic rings. The van der Waals surface area contributed by atoms with Gasteiger partial charge in [-0.15, -0.1) is 12.4 Å². The molecule has 1 heterocycles. The third-order valence-corrected chi connectivity index (χ3v) is 8.17. The van der Waals surface area contributed by atoms with Gasteiger partial charge in [-0.2, -0.15) is 5.10 Å². The molecule has 0 saturated heterocycles. The van der Waals surface area contributed by atoms with Crippen LogP contribution in [0.2, 0.25) is 5.02 Å². The first-order valence-corrected chi connectivity index (χ1v) is 12.8. The fourth-order valence-electron chi connectivity index (χ4n) is 4.27. The second-order valence-corrected chi connectivity index (χ2v) is 10.9. The van der Waals surface area contributed by atoms with Crippen LogP contribution in [0.3, 0.4) is 0 Å². The van der Waals surface area contributed by atoms with Crippen molar-refractivity contribution in [2.45, 2.75) is 42.5 Å². The van der Waals surface area contributed by atoms with Crippen LogP contribution in [-0.4, -0.2) is 36.6 Å². The van der Waals surface area contributed by atoms with Crippen molar-refractivity contribution in [3.05, 3.63) is 76.6 Å². The molecule has 178 valence electrons. The third-order valence-electron chi connectivity index (χ3n) is 6.04. The molecule has 3 aromatic rings. The van der Waals surface area contributed by atoms with Crippen LogP contribution < -0.4 is 10.5 Å². The topological polar surface area (TPSA) is 87.2 Å². The van der Waals surface area contributed by atoms with Gasteiger partial charge < -0.3 is 10.5 Å². The number of aromatic nitrogens is 2. The van der Waals surface area contributed by atoms with Crippen molar-refractivity contribution >= 4 is 33.8 Å². The molecule has 2 N–H and O–H groups in total. The lowest BCUT2D eigenvalue weighted by atomic mass is 9.76. The lowest BCUT2D eigenvalue weighted by Crippen LogP contribution is -2.34. The van der Waals surface area contributed by atoms with Gasteiger partial charge in [-0.25, -0.2) is 8.42 Å². The van der Waals surface area contributed by atoms with Crippen molar-refractivity contribution in [3.8, 4) is 5.75 Å². The molecule has 6 nitrogen and oxygen atoms in total. The zero-order chi connectivity index (χ0) is 22.7. The minimum Gasteiger partial charge on any atom is -0.494 e. The maximum atomic E-state index is 12.4. The number of aryl methyl sites for hydroxylation is 2. The summed E-state index contributed by atoms with van der Waals surface area (Å²) in [5.74, 6) is 0.915. The highest BCUT2D eigenvalue weighted by Gasteiger charge is 2.28. The summed E-state index contributed by atoms with van der Waals surface area (Å²) in [6.07, 6.45) is 5.95. The molecule has 0 fully saturated rings. The van der Waals surface area contributed by atoms with Gasteiger partial charge >= 0.3 is 0 Å². The molecule has 0 bridgehead atoms. The van der Waals surface area contributed by atoms with Crippen LogP contribution in [0.15, 0.2) is 59.8 Å². The third kappa shape index (κ3) is 6.09. The van der Waals surface area contributed by atoms with Crippen molar-refractivity contribution in [1.82, 2.24) is 9.78 Å². The number of ether oxygens (including phenoxy) is 1. The minimum atomic E-state index is -3.36. The zero-order valence-electron chi connectivity index (χ0n) is 18.5. The van der Waals surface area contributed by atoms with Gasteiger partial charge in [0.05, 0.1) is 18.6 Å². The van der Waals surface area contributed by atoms with Gasteiger partial charge in [0.1, 0.15) is 10.6 Å². The summed E-state index contributed by atoms with van der Waals surface area (Å²) >= 11 is 6.40. The van der Waals surface area contributed by atoms with Gasteiger partial charge in [0.2, 0.25) is 0 Å². The summed E-state index contributed by atoms with van der Waals surface area (Å²) < 4.78 is 32.2. The Morgan fingerprint density at radius 2 is 2.03 bits per heavy atom. The van der Waals surface area contributed by atoms with Crippen molar-refractivity contribution < 1.29 is 13.2 Å². The minimum absolute atomic E-state index is 0. The summed E-state index contributed by atoms with van der Waals surface area (Å²) in [4.78, 5) is 0.241. The normalized spacial score (nSPS) is 17.8. The SMILES string of the molecule is Cl.Cn1cc(S(=O)(=O)CCCOc2ccc3c(c2)C(Cc2ccccc2Cl)C(N)CC3)cn1. The van der Waals surface area contributed by atoms with E-state index >= 15 is 0 Å². The van der Waals surface area contributed by atoms with Crippen molar-refractivity contribution in [3.63, 3.8) is 0 Å². The fourth-order valence-corrected chi connectivity index (χ4v) is 5.74. The monoisotopic (exact) mass is 509 g/mol. The molecule has 33 heavy (non-hydrogen) atoms. The lowest BCUT2D eigenvalue weighted by molar-refractivity contribution is 0.316. The van der Waals surface area contributed by atoms with Crippen molar-refractivity contribution in [2.24, 2.45) is 12.8 Å². The Balaban J connectivity index is 0.00000306. The highest BCUT2D eigenvalue weighted by atomic mass is 35.5. The van der Waals surface area contributed by atoms with Crippen LogP contribution in [0.1, 0.15) is 35.4 Å². The molecule has 0 amide bonds. The average molecular weight is 510 g/mol. The van der Waals surface area contributed by atoms with Gasteiger partial charge in [0.15, 0.2) is 9.84 Å². The predicted octanol–water partition coefficient (Wildman–Crippen LogP) is 4.34. The highest BCUT2D eigenvalue weighted by Crippen LogP contribution is 2.37. The van der Waals surface area contributed by atoms with E-state index in [9.17, 15) is 8.42 Å². The molecule has 4 rings (SSSR count). The van der Waals surface area contributed by atoms with Crippen molar-refractivity contribution in [2.75, 3.05) is 12.4 Å². The van der Waals surface area contributed by atoms with Crippen molar-refractivity contribution in [1.29, 1.82) is 0 Å². The average Bonchev–Trinajstić information content (AvgIpc) is 3.22. The van der Waals surface area contributed by atoms with Crippen LogP contribution in [0.25, 0.3) is 0 Å². The zero-order valence-corrected chi connectivity index (χ0v) is 20.9. The summed E-state index contributed by atoms with van der Waals surface area (Å²) in [5, 5.41) is 4.69. The van der Waals surface area contributed by atoms with Gasteiger partial charge in [0, 0.05) is 30.2 Å². The molecule has 1 aromatic heterocycles. The highest BCUT2D eigenvalue weighted by molar-refractivity contribution is 7.91. The number of hydrogen-bond donors (Lipinski definition) is 1. The molecule has 0 radical (unpaired) electrons. The number of nitrogens with zero attached hydrogens (tertiary/aromatic N) is 2. The standard InChI is InChI=1S/C24H28ClN3O3S.ClH/c1-28-16-20(15-27-28)32(29,30)12-4-11-31-19-9-7-17-8-10-24(26)22(21(17)14-19)13-18-5-2-3-6-23(18)25;/h2-3,5-7,9,14-16,22,24H,4,8,10-13,26H2,1H3;1H. The first-order chi connectivity index (χ1) is 15.3. The number of rotatable bonds is 8. The predicted molar refractivity (Wildman–Crippen MR) is 133 cm³/mol. The second kappa shape index (κ2) is 10.9. The van der Waals surface area contributed by atoms with Gasteiger partial charge in [-0.05, 0) is 60.6 Å². The largest absolute Gasteiger partial charge is 0.494 e. The van der Waals surface area contributed by atoms with E-state index in [-0.39, 0.29) is 35.0 Å². The van der Waals surface area contributed by atoms with Crippen LogP contribution in [0.5, 0.6) is 5.75 Å². The van der Waals surface area contributed by atoms with E-state index in [1.807, 2.05) is 30.3 Å². The molecule has 0 saturated carbocycles. The van der Waals surface area contributed by atoms with Gasteiger partial charge in [-0.3, -0.25) is 4.68 Å². The first-order valence-electron chi connectivity index (χ1n) is 10.8. The fraction of sp³-hybridized carbons (Fsp3) is 0.375. The first kappa shape index (κ1) is 25.6. The molecule has 2 atom stereocenters. The van der Waals surface area contributed by atoms with E-state index < -0.39 is 9.84 Å². The van der Waals surface area contributed by atoms with E-state index in [1.54, 1.807) is 7.05 Å². The molecular weight excluding hydrogens is 481 g/mol. The molecule has 0 aliphatic heterocycles. The summed E-state index contributed by atoms with van der Waals surface area (Å²) in [5.41, 5.74) is 10.1. The Kier molecular flexibility index (Phi) is 8.45. The number of fused-ring (bicyclic) bond motifs is 1. The Morgan fingerprint density at radius 1 is 1.24 bits per heavy atom.